The van der Waals surface area contributed by atoms with E-state index in [0.29, 0.717) is 33.2 Å². The van der Waals surface area contributed by atoms with E-state index in [1.165, 1.54) is 23.1 Å². The molecule has 0 unspecified atom stereocenters. The van der Waals surface area contributed by atoms with Gasteiger partial charge >= 0.3 is 0 Å². The molecule has 1 saturated heterocycles. The Hall–Kier alpha value is -2.58. The predicted molar refractivity (Wildman–Crippen MR) is 106 cm³/mol. The van der Waals surface area contributed by atoms with Crippen molar-refractivity contribution in [3.05, 3.63) is 52.9 Å². The normalized spacial score (nSPS) is 17.2. The highest BCUT2D eigenvalue weighted by Crippen LogP contribution is 2.38. The quantitative estimate of drug-likeness (QED) is 0.555. The average Bonchev–Trinajstić information content (AvgIpc) is 3.26. The van der Waals surface area contributed by atoms with Crippen molar-refractivity contribution in [1.82, 2.24) is 9.88 Å². The van der Waals surface area contributed by atoms with Gasteiger partial charge in [0, 0.05) is 23.7 Å². The number of thioether (sulfide) groups is 1. The fraction of sp³-hybridized carbons (Fsp3) is 0.167. The molecule has 0 N–H and O–H groups in total. The number of methoxy groups -OCH3 is 2. The van der Waals surface area contributed by atoms with Crippen LogP contribution in [0.3, 0.4) is 0 Å². The second kappa shape index (κ2) is 8.20. The Morgan fingerprint density at radius 3 is 2.85 bits per heavy atom. The number of thiazole rings is 1. The summed E-state index contributed by atoms with van der Waals surface area (Å²) < 4.78 is 10.8. The summed E-state index contributed by atoms with van der Waals surface area (Å²) in [5.74, 6) is 1.06. The number of aliphatic imine (C=N–C) groups is 1. The molecule has 1 fully saturated rings. The molecule has 0 saturated carbocycles. The molecule has 1 amide bonds. The summed E-state index contributed by atoms with van der Waals surface area (Å²) in [5, 5.41) is 3.03. The molecule has 1 aliphatic rings. The van der Waals surface area contributed by atoms with E-state index in [0.717, 1.165) is 5.56 Å². The van der Waals surface area contributed by atoms with Gasteiger partial charge in [-0.15, -0.1) is 17.9 Å². The number of nitrogens with zero attached hydrogens (tertiary/aromatic N) is 3. The number of rotatable bonds is 6. The predicted octanol–water partition coefficient (Wildman–Crippen LogP) is 3.95. The van der Waals surface area contributed by atoms with Crippen LogP contribution in [0.2, 0.25) is 0 Å². The number of amides is 1. The topological polar surface area (TPSA) is 64.0 Å². The number of benzene rings is 1. The minimum atomic E-state index is -0.130. The van der Waals surface area contributed by atoms with Crippen LogP contribution in [0.5, 0.6) is 11.5 Å². The molecule has 2 heterocycles. The number of aromatic nitrogens is 1. The Labute approximate surface area is 159 Å². The first kappa shape index (κ1) is 18.2. The molecule has 1 aromatic carbocycles. The van der Waals surface area contributed by atoms with Gasteiger partial charge in [-0.05, 0) is 23.9 Å². The van der Waals surface area contributed by atoms with Crippen LogP contribution in [-0.2, 0) is 4.79 Å². The number of amidine groups is 1. The summed E-state index contributed by atoms with van der Waals surface area (Å²) in [5.41, 5.74) is 0.761. The molecule has 0 radical (unpaired) electrons. The van der Waals surface area contributed by atoms with E-state index in [2.05, 4.69) is 16.6 Å². The highest BCUT2D eigenvalue weighted by Gasteiger charge is 2.33. The monoisotopic (exact) mass is 387 g/mol. The zero-order valence-electron chi connectivity index (χ0n) is 14.3. The lowest BCUT2D eigenvalue weighted by Crippen LogP contribution is -2.29. The average molecular weight is 387 g/mol. The molecule has 134 valence electrons. The van der Waals surface area contributed by atoms with Gasteiger partial charge < -0.3 is 9.47 Å². The van der Waals surface area contributed by atoms with Crippen LogP contribution in [0.25, 0.3) is 6.08 Å². The summed E-state index contributed by atoms with van der Waals surface area (Å²) in [4.78, 5) is 23.6. The smallest absolute Gasteiger partial charge is 0.267 e. The lowest BCUT2D eigenvalue weighted by Gasteiger charge is -2.12. The van der Waals surface area contributed by atoms with E-state index in [9.17, 15) is 4.79 Å². The van der Waals surface area contributed by atoms with E-state index in [1.807, 2.05) is 23.6 Å². The largest absolute Gasteiger partial charge is 0.493 e. The molecule has 1 aromatic heterocycles. The van der Waals surface area contributed by atoms with Gasteiger partial charge in [0.05, 0.1) is 19.1 Å². The standard InChI is InChI=1S/C18H17N3O3S2/c1-4-9-21-16(22)14(26-18(21)20-17-19-8-10-25-17)11-12-6-5-7-13(23-2)15(12)24-3/h4-8,10-11H,1,9H2,2-3H3/b14-11-,20-18+. The lowest BCUT2D eigenvalue weighted by atomic mass is 10.1. The second-order valence-electron chi connectivity index (χ2n) is 5.11. The number of hydrogen-bond donors (Lipinski definition) is 0. The summed E-state index contributed by atoms with van der Waals surface area (Å²) in [7, 11) is 3.15. The highest BCUT2D eigenvalue weighted by atomic mass is 32.2. The molecule has 6 nitrogen and oxygen atoms in total. The maximum atomic E-state index is 12.8. The first-order valence-corrected chi connectivity index (χ1v) is 9.39. The van der Waals surface area contributed by atoms with Crippen LogP contribution < -0.4 is 9.47 Å². The minimum Gasteiger partial charge on any atom is -0.493 e. The van der Waals surface area contributed by atoms with Crippen LogP contribution in [0.1, 0.15) is 5.56 Å². The second-order valence-corrected chi connectivity index (χ2v) is 6.99. The summed E-state index contributed by atoms with van der Waals surface area (Å²) in [6, 6.07) is 5.53. The number of ether oxygens (including phenoxy) is 2. The van der Waals surface area contributed by atoms with Gasteiger partial charge in [-0.25, -0.2) is 4.98 Å². The van der Waals surface area contributed by atoms with Crippen molar-refractivity contribution in [2.45, 2.75) is 0 Å². The zero-order valence-corrected chi connectivity index (χ0v) is 16.0. The first-order chi connectivity index (χ1) is 12.7. The summed E-state index contributed by atoms with van der Waals surface area (Å²) in [6.07, 6.45) is 5.14. The molecule has 3 rings (SSSR count). The molecular formula is C18H17N3O3S2. The van der Waals surface area contributed by atoms with Crippen molar-refractivity contribution >= 4 is 45.4 Å². The molecule has 0 spiro atoms. The number of hydrogen-bond acceptors (Lipinski definition) is 7. The number of para-hydroxylation sites is 1. The number of carbonyl (C=O) groups excluding carboxylic acids is 1. The van der Waals surface area contributed by atoms with Crippen LogP contribution >= 0.6 is 23.1 Å². The SMILES string of the molecule is C=CCN1C(=O)/C(=C/c2cccc(OC)c2OC)S/C1=N/c1nccs1. The fourth-order valence-electron chi connectivity index (χ4n) is 2.40. The Morgan fingerprint density at radius 2 is 2.19 bits per heavy atom. The van der Waals surface area contributed by atoms with Gasteiger partial charge in [-0.2, -0.15) is 4.99 Å². The fourth-order valence-corrected chi connectivity index (χ4v) is 3.94. The van der Waals surface area contributed by atoms with E-state index < -0.39 is 0 Å². The van der Waals surface area contributed by atoms with Gasteiger partial charge in [0.1, 0.15) is 0 Å². The van der Waals surface area contributed by atoms with E-state index >= 15 is 0 Å². The van der Waals surface area contributed by atoms with E-state index in [-0.39, 0.29) is 5.91 Å². The van der Waals surface area contributed by atoms with Gasteiger partial charge in [-0.3, -0.25) is 9.69 Å². The third kappa shape index (κ3) is 3.66. The van der Waals surface area contributed by atoms with Crippen molar-refractivity contribution in [3.63, 3.8) is 0 Å². The van der Waals surface area contributed by atoms with Gasteiger partial charge in [0.25, 0.3) is 5.91 Å². The van der Waals surface area contributed by atoms with Crippen molar-refractivity contribution in [3.8, 4) is 11.5 Å². The molecule has 2 aromatic rings. The van der Waals surface area contributed by atoms with Gasteiger partial charge in [0.15, 0.2) is 16.7 Å². The number of carbonyl (C=O) groups is 1. The summed E-state index contributed by atoms with van der Waals surface area (Å²) in [6.45, 7) is 4.10. The Balaban J connectivity index is 2.00. The van der Waals surface area contributed by atoms with Crippen LogP contribution in [-0.4, -0.2) is 41.7 Å². The molecule has 0 aliphatic carbocycles. The molecule has 26 heavy (non-hydrogen) atoms. The minimum absolute atomic E-state index is 0.130. The van der Waals surface area contributed by atoms with Crippen molar-refractivity contribution in [1.29, 1.82) is 0 Å². The van der Waals surface area contributed by atoms with Crippen molar-refractivity contribution in [2.24, 2.45) is 4.99 Å². The lowest BCUT2D eigenvalue weighted by molar-refractivity contribution is -0.121. The molecule has 1 aliphatic heterocycles. The molecule has 8 heteroatoms. The molecule has 0 atom stereocenters. The van der Waals surface area contributed by atoms with Crippen molar-refractivity contribution < 1.29 is 14.3 Å². The third-order valence-electron chi connectivity index (χ3n) is 3.53. The van der Waals surface area contributed by atoms with Crippen LogP contribution in [0.15, 0.2) is 52.3 Å². The Bertz CT molecular complexity index is 876. The van der Waals surface area contributed by atoms with E-state index in [1.54, 1.807) is 37.5 Å². The van der Waals surface area contributed by atoms with Gasteiger partial charge in [-0.1, -0.05) is 18.2 Å². The molecule has 0 bridgehead atoms. The first-order valence-electron chi connectivity index (χ1n) is 7.69. The third-order valence-corrected chi connectivity index (χ3v) is 5.20. The highest BCUT2D eigenvalue weighted by molar-refractivity contribution is 8.18. The molecular weight excluding hydrogens is 370 g/mol. The zero-order chi connectivity index (χ0) is 18.5. The van der Waals surface area contributed by atoms with Crippen LogP contribution in [0, 0.1) is 0 Å². The Kier molecular flexibility index (Phi) is 5.75. The maximum Gasteiger partial charge on any atom is 0.267 e. The Morgan fingerprint density at radius 1 is 1.35 bits per heavy atom. The maximum absolute atomic E-state index is 12.8. The summed E-state index contributed by atoms with van der Waals surface area (Å²) >= 11 is 2.72. The van der Waals surface area contributed by atoms with Crippen molar-refractivity contribution in [2.75, 3.05) is 20.8 Å². The van der Waals surface area contributed by atoms with Crippen LogP contribution in [0.4, 0.5) is 5.13 Å². The van der Waals surface area contributed by atoms with E-state index in [4.69, 9.17) is 9.47 Å². The van der Waals surface area contributed by atoms with Gasteiger partial charge in [0.2, 0.25) is 5.13 Å².